The Balaban J connectivity index is 2.11. The molecule has 0 aliphatic rings. The molecule has 33 heavy (non-hydrogen) atoms. The molecule has 1 aromatic carbocycles. The highest BCUT2D eigenvalue weighted by atomic mass is 35.5. The second-order valence-corrected chi connectivity index (χ2v) is 9.29. The second-order valence-electron chi connectivity index (χ2n) is 6.79. The summed E-state index contributed by atoms with van der Waals surface area (Å²) in [7, 11) is -4.23. The fourth-order valence-corrected chi connectivity index (χ4v) is 4.54. The summed E-state index contributed by atoms with van der Waals surface area (Å²) >= 11 is 11.8. The Hall–Kier alpha value is -3.09. The van der Waals surface area contributed by atoms with Crippen molar-refractivity contribution < 1.29 is 18.0 Å². The van der Waals surface area contributed by atoms with Crippen LogP contribution in [0.15, 0.2) is 51.2 Å². The molecule has 1 heterocycles. The van der Waals surface area contributed by atoms with Crippen molar-refractivity contribution in [2.24, 2.45) is 16.5 Å². The number of pyridine rings is 1. The van der Waals surface area contributed by atoms with E-state index >= 15 is 0 Å². The third-order valence-corrected chi connectivity index (χ3v) is 6.32. The van der Waals surface area contributed by atoms with E-state index in [9.17, 15) is 22.8 Å². The summed E-state index contributed by atoms with van der Waals surface area (Å²) < 4.78 is 28.5. The lowest BCUT2D eigenvalue weighted by atomic mass is 10.2. The number of benzene rings is 1. The van der Waals surface area contributed by atoms with E-state index in [0.717, 1.165) is 10.6 Å². The van der Waals surface area contributed by atoms with Gasteiger partial charge < -0.3 is 26.1 Å². The largest absolute Gasteiger partial charge is 0.370 e. The maximum atomic E-state index is 12.7. The molecule has 11 nitrogen and oxygen atoms in total. The highest BCUT2D eigenvalue weighted by molar-refractivity contribution is 7.92. The predicted molar refractivity (Wildman–Crippen MR) is 126 cm³/mol. The lowest BCUT2D eigenvalue weighted by Crippen LogP contribution is -2.40. The average molecular weight is 517 g/mol. The molecule has 0 spiro atoms. The number of rotatable bonds is 11. The third kappa shape index (κ3) is 7.77. The van der Waals surface area contributed by atoms with Crippen molar-refractivity contribution in [1.82, 2.24) is 9.88 Å². The summed E-state index contributed by atoms with van der Waals surface area (Å²) in [4.78, 5) is 39.7. The average Bonchev–Trinajstić information content (AvgIpc) is 2.74. The maximum absolute atomic E-state index is 12.7. The van der Waals surface area contributed by atoms with Gasteiger partial charge in [-0.25, -0.2) is 8.42 Å². The summed E-state index contributed by atoms with van der Waals surface area (Å²) in [6.07, 6.45) is 2.61. The molecular weight excluding hydrogens is 495 g/mol. The van der Waals surface area contributed by atoms with Gasteiger partial charge in [-0.15, -0.1) is 0 Å². The number of nitrogens with zero attached hydrogens (tertiary/aromatic N) is 2. The van der Waals surface area contributed by atoms with Crippen molar-refractivity contribution in [3.05, 3.63) is 56.9 Å². The lowest BCUT2D eigenvalue weighted by molar-refractivity contribution is -0.124. The van der Waals surface area contributed by atoms with Crippen molar-refractivity contribution in [3.63, 3.8) is 0 Å². The number of carbonyl (C=O) groups excluding carboxylic acids is 2. The standard InChI is InChI=1S/C19H22Cl2N6O5S/c20-12-5-6-14(21)16(9-12)33(31,32)26-15-4-2-8-27(18(15)30)10-17(29)25-13(11-28)3-1-7-24-19(22)23/h2,4-6,8-9,11,13,26H,1,3,7,10H2,(H,25,29)(H4,22,23,24)/t13-/m0/s1. The summed E-state index contributed by atoms with van der Waals surface area (Å²) in [5.74, 6) is -0.692. The molecule has 0 bridgehead atoms. The van der Waals surface area contributed by atoms with Crippen LogP contribution in [0.2, 0.25) is 10.0 Å². The molecule has 1 aromatic heterocycles. The fraction of sp³-hybridized carbons (Fsp3) is 0.263. The summed E-state index contributed by atoms with van der Waals surface area (Å²) in [5.41, 5.74) is 9.37. The minimum Gasteiger partial charge on any atom is -0.370 e. The van der Waals surface area contributed by atoms with Gasteiger partial charge >= 0.3 is 0 Å². The van der Waals surface area contributed by atoms with E-state index in [1.807, 2.05) is 0 Å². The minimum absolute atomic E-state index is 0.0748. The van der Waals surface area contributed by atoms with Gasteiger partial charge in [-0.3, -0.25) is 19.3 Å². The quantitative estimate of drug-likeness (QED) is 0.147. The number of carbonyl (C=O) groups is 2. The molecule has 0 saturated carbocycles. The van der Waals surface area contributed by atoms with Crippen LogP contribution in [0, 0.1) is 0 Å². The number of nitrogens with one attached hydrogen (secondary N) is 2. The van der Waals surface area contributed by atoms with Crippen LogP contribution in [-0.4, -0.2) is 43.7 Å². The summed E-state index contributed by atoms with van der Waals surface area (Å²) in [5, 5.41) is 2.55. The van der Waals surface area contributed by atoms with Gasteiger partial charge in [0.25, 0.3) is 15.6 Å². The number of sulfonamides is 1. The van der Waals surface area contributed by atoms with Crippen molar-refractivity contribution >= 4 is 57.1 Å². The maximum Gasteiger partial charge on any atom is 0.275 e. The highest BCUT2D eigenvalue weighted by Crippen LogP contribution is 2.26. The lowest BCUT2D eigenvalue weighted by Gasteiger charge is -2.14. The first-order valence-electron chi connectivity index (χ1n) is 9.51. The zero-order valence-corrected chi connectivity index (χ0v) is 19.5. The molecule has 1 amide bonds. The first-order chi connectivity index (χ1) is 15.5. The Labute approximate surface area is 199 Å². The van der Waals surface area contributed by atoms with E-state index in [1.54, 1.807) is 0 Å². The number of aliphatic imine (C=N–C) groups is 1. The van der Waals surface area contributed by atoms with Crippen molar-refractivity contribution in [2.45, 2.75) is 30.3 Å². The van der Waals surface area contributed by atoms with Gasteiger partial charge in [-0.2, -0.15) is 0 Å². The molecule has 0 aliphatic heterocycles. The van der Waals surface area contributed by atoms with Crippen molar-refractivity contribution in [3.8, 4) is 0 Å². The smallest absolute Gasteiger partial charge is 0.275 e. The van der Waals surface area contributed by atoms with E-state index < -0.39 is 34.1 Å². The molecule has 0 saturated heterocycles. The Bertz CT molecular complexity index is 1210. The number of hydrogen-bond donors (Lipinski definition) is 4. The van der Waals surface area contributed by atoms with Crippen LogP contribution < -0.4 is 27.1 Å². The Morgan fingerprint density at radius 3 is 2.64 bits per heavy atom. The molecule has 178 valence electrons. The van der Waals surface area contributed by atoms with Crippen LogP contribution in [0.1, 0.15) is 12.8 Å². The molecule has 0 fully saturated rings. The van der Waals surface area contributed by atoms with Crippen LogP contribution >= 0.6 is 23.2 Å². The van der Waals surface area contributed by atoms with E-state index in [0.29, 0.717) is 25.7 Å². The van der Waals surface area contributed by atoms with E-state index in [1.165, 1.54) is 30.5 Å². The first-order valence-corrected chi connectivity index (χ1v) is 11.7. The highest BCUT2D eigenvalue weighted by Gasteiger charge is 2.21. The van der Waals surface area contributed by atoms with Crippen LogP contribution in [0.3, 0.4) is 0 Å². The monoisotopic (exact) mass is 516 g/mol. The van der Waals surface area contributed by atoms with Gasteiger partial charge in [0.1, 0.15) is 23.4 Å². The number of aldehydes is 1. The molecule has 6 N–H and O–H groups in total. The number of halogens is 2. The Morgan fingerprint density at radius 1 is 1.24 bits per heavy atom. The van der Waals surface area contributed by atoms with Gasteiger partial charge in [0, 0.05) is 17.8 Å². The number of hydrogen-bond acceptors (Lipinski definition) is 6. The molecule has 2 rings (SSSR count). The van der Waals surface area contributed by atoms with E-state index in [2.05, 4.69) is 15.0 Å². The molecule has 0 aliphatic carbocycles. The zero-order chi connectivity index (χ0) is 24.6. The molecule has 0 unspecified atom stereocenters. The number of guanidine groups is 1. The number of amides is 1. The summed E-state index contributed by atoms with van der Waals surface area (Å²) in [6.45, 7) is -0.147. The molecular formula is C19H22Cl2N6O5S. The van der Waals surface area contributed by atoms with E-state index in [4.69, 9.17) is 34.7 Å². The molecule has 14 heteroatoms. The van der Waals surface area contributed by atoms with Crippen LogP contribution in [-0.2, 0) is 26.2 Å². The summed E-state index contributed by atoms with van der Waals surface area (Å²) in [6, 6.07) is 5.71. The molecule has 2 aromatic rings. The fourth-order valence-electron chi connectivity index (χ4n) is 2.72. The number of nitrogens with two attached hydrogens (primary N) is 2. The Morgan fingerprint density at radius 2 is 1.97 bits per heavy atom. The van der Waals surface area contributed by atoms with Gasteiger partial charge in [0.15, 0.2) is 5.96 Å². The van der Waals surface area contributed by atoms with Crippen LogP contribution in [0.4, 0.5) is 5.69 Å². The number of anilines is 1. The van der Waals surface area contributed by atoms with Gasteiger partial charge in [-0.1, -0.05) is 23.2 Å². The van der Waals surface area contributed by atoms with Crippen LogP contribution in [0.5, 0.6) is 0 Å². The SMILES string of the molecule is NC(N)=NCCC[C@@H](C=O)NC(=O)Cn1cccc(NS(=O)(=O)c2cc(Cl)ccc2Cl)c1=O. The van der Waals surface area contributed by atoms with Crippen molar-refractivity contribution in [1.29, 1.82) is 0 Å². The number of aromatic nitrogens is 1. The van der Waals surface area contributed by atoms with Gasteiger partial charge in [-0.05, 0) is 43.2 Å². The third-order valence-electron chi connectivity index (χ3n) is 4.24. The Kier molecular flexibility index (Phi) is 9.26. The first kappa shape index (κ1) is 26.2. The topological polar surface area (TPSA) is 179 Å². The zero-order valence-electron chi connectivity index (χ0n) is 17.2. The minimum atomic E-state index is -4.23. The second kappa shape index (κ2) is 11.7. The predicted octanol–water partition coefficient (Wildman–Crippen LogP) is 0.693. The molecule has 0 radical (unpaired) electrons. The van der Waals surface area contributed by atoms with Gasteiger partial charge in [0.05, 0.1) is 11.1 Å². The van der Waals surface area contributed by atoms with Gasteiger partial charge in [0.2, 0.25) is 5.91 Å². The van der Waals surface area contributed by atoms with Crippen molar-refractivity contribution in [2.75, 3.05) is 11.3 Å². The molecule has 1 atom stereocenters. The van der Waals surface area contributed by atoms with Crippen LogP contribution in [0.25, 0.3) is 0 Å². The normalized spacial score (nSPS) is 11.9. The van der Waals surface area contributed by atoms with E-state index in [-0.39, 0.29) is 26.6 Å².